The van der Waals surface area contributed by atoms with Gasteiger partial charge in [-0.1, -0.05) is 17.7 Å². The first-order valence-corrected chi connectivity index (χ1v) is 8.40. The number of carbonyl (C=O) groups is 1. The van der Waals surface area contributed by atoms with Crippen LogP contribution in [0.25, 0.3) is 0 Å². The summed E-state index contributed by atoms with van der Waals surface area (Å²) in [6.07, 6.45) is -5.71. The van der Waals surface area contributed by atoms with E-state index < -0.39 is 18.5 Å². The van der Waals surface area contributed by atoms with Crippen molar-refractivity contribution in [3.63, 3.8) is 0 Å². The van der Waals surface area contributed by atoms with Crippen LogP contribution in [0, 0.1) is 20.8 Å². The van der Waals surface area contributed by atoms with Gasteiger partial charge in [-0.3, -0.25) is 4.79 Å². The number of primary amides is 1. The average molecular weight is 366 g/mol. The van der Waals surface area contributed by atoms with E-state index in [2.05, 4.69) is 4.98 Å². The maximum Gasteiger partial charge on any atom is 0.389 e. The van der Waals surface area contributed by atoms with Gasteiger partial charge in [0.05, 0.1) is 5.69 Å². The van der Waals surface area contributed by atoms with E-state index in [1.54, 1.807) is 4.57 Å². The molecule has 0 aliphatic carbocycles. The number of hydrogen-bond donors (Lipinski definition) is 1. The molecule has 5 nitrogen and oxygen atoms in total. The van der Waals surface area contributed by atoms with Gasteiger partial charge in [-0.25, -0.2) is 4.98 Å². The van der Waals surface area contributed by atoms with Gasteiger partial charge in [0, 0.05) is 31.6 Å². The van der Waals surface area contributed by atoms with Crippen LogP contribution >= 0.6 is 0 Å². The lowest BCUT2D eigenvalue weighted by atomic mass is 10.0. The highest BCUT2D eigenvalue weighted by Crippen LogP contribution is 2.37. The van der Waals surface area contributed by atoms with Gasteiger partial charge < -0.3 is 15.2 Å². The van der Waals surface area contributed by atoms with Gasteiger partial charge in [0.25, 0.3) is 5.91 Å². The van der Waals surface area contributed by atoms with Crippen LogP contribution in [-0.4, -0.2) is 28.2 Å². The fourth-order valence-corrected chi connectivity index (χ4v) is 3.73. The molecule has 0 fully saturated rings. The Hall–Kier alpha value is -2.51. The molecule has 140 valence electrons. The summed E-state index contributed by atoms with van der Waals surface area (Å²) in [5, 5.41) is 0. The standard InChI is InChI=1S/C18H21F3N4O/c1-10-8-11(2)14(12(3)9-10)24-6-7-25-15(16(22)26)13(23-17(24)25)4-5-18(19,20)21/h8-9H,4-7H2,1-3H3,(H2,22,26). The maximum atomic E-state index is 12.6. The fraction of sp³-hybridized carbons (Fsp3) is 0.444. The molecule has 0 atom stereocenters. The predicted molar refractivity (Wildman–Crippen MR) is 92.8 cm³/mol. The second-order valence-corrected chi connectivity index (χ2v) is 6.74. The Labute approximate surface area is 149 Å². The number of carbonyl (C=O) groups excluding carboxylic acids is 1. The lowest BCUT2D eigenvalue weighted by Gasteiger charge is -2.22. The van der Waals surface area contributed by atoms with E-state index in [1.807, 2.05) is 37.8 Å². The van der Waals surface area contributed by atoms with E-state index in [4.69, 9.17) is 5.73 Å². The van der Waals surface area contributed by atoms with Gasteiger partial charge in [0.15, 0.2) is 0 Å². The van der Waals surface area contributed by atoms with Crippen LogP contribution in [0.1, 0.15) is 39.3 Å². The molecular formula is C18H21F3N4O. The number of aryl methyl sites for hydroxylation is 4. The molecule has 0 saturated heterocycles. The number of hydrogen-bond acceptors (Lipinski definition) is 3. The number of halogens is 3. The minimum Gasteiger partial charge on any atom is -0.364 e. The Kier molecular flexibility index (Phi) is 4.46. The number of amides is 1. The van der Waals surface area contributed by atoms with E-state index in [-0.39, 0.29) is 17.8 Å². The molecule has 1 aliphatic rings. The van der Waals surface area contributed by atoms with Crippen molar-refractivity contribution in [3.8, 4) is 0 Å². The highest BCUT2D eigenvalue weighted by atomic mass is 19.4. The van der Waals surface area contributed by atoms with E-state index in [0.717, 1.165) is 22.4 Å². The number of nitrogens with two attached hydrogens (primary N) is 1. The predicted octanol–water partition coefficient (Wildman–Crippen LogP) is 3.55. The number of benzene rings is 1. The molecule has 0 radical (unpaired) electrons. The van der Waals surface area contributed by atoms with Crippen LogP contribution in [0.5, 0.6) is 0 Å². The molecule has 1 aromatic heterocycles. The fourth-order valence-electron chi connectivity index (χ4n) is 3.73. The van der Waals surface area contributed by atoms with Gasteiger partial charge in [-0.15, -0.1) is 0 Å². The number of aromatic nitrogens is 2. The average Bonchev–Trinajstić information content (AvgIpc) is 3.02. The minimum atomic E-state index is -4.31. The van der Waals surface area contributed by atoms with Gasteiger partial charge in [0.2, 0.25) is 5.95 Å². The van der Waals surface area contributed by atoms with Gasteiger partial charge in [0.1, 0.15) is 5.69 Å². The third-order valence-electron chi connectivity index (χ3n) is 4.59. The number of fused-ring (bicyclic) bond motifs is 1. The van der Waals surface area contributed by atoms with Crippen LogP contribution in [0.4, 0.5) is 24.8 Å². The number of anilines is 2. The molecule has 1 aliphatic heterocycles. The monoisotopic (exact) mass is 366 g/mol. The summed E-state index contributed by atoms with van der Waals surface area (Å²) in [4.78, 5) is 18.2. The summed E-state index contributed by atoms with van der Waals surface area (Å²) < 4.78 is 39.4. The topological polar surface area (TPSA) is 64.2 Å². The maximum absolute atomic E-state index is 12.6. The van der Waals surface area contributed by atoms with Crippen molar-refractivity contribution in [1.82, 2.24) is 9.55 Å². The first-order chi connectivity index (χ1) is 12.1. The Morgan fingerprint density at radius 3 is 2.35 bits per heavy atom. The van der Waals surface area contributed by atoms with E-state index in [0.29, 0.717) is 19.0 Å². The first kappa shape index (κ1) is 18.3. The van der Waals surface area contributed by atoms with Crippen LogP contribution in [-0.2, 0) is 13.0 Å². The lowest BCUT2D eigenvalue weighted by Crippen LogP contribution is -2.20. The molecule has 1 amide bonds. The largest absolute Gasteiger partial charge is 0.389 e. The second-order valence-electron chi connectivity index (χ2n) is 6.74. The number of rotatable bonds is 4. The van der Waals surface area contributed by atoms with E-state index >= 15 is 0 Å². The van der Waals surface area contributed by atoms with Crippen molar-refractivity contribution in [2.24, 2.45) is 5.73 Å². The smallest absolute Gasteiger partial charge is 0.364 e. The summed E-state index contributed by atoms with van der Waals surface area (Å²) in [5.41, 5.74) is 9.83. The third kappa shape index (κ3) is 3.27. The summed E-state index contributed by atoms with van der Waals surface area (Å²) in [5.74, 6) is -0.272. The van der Waals surface area contributed by atoms with E-state index in [9.17, 15) is 18.0 Å². The molecule has 1 aromatic carbocycles. The van der Waals surface area contributed by atoms with Gasteiger partial charge in [-0.2, -0.15) is 13.2 Å². The highest BCUT2D eigenvalue weighted by Gasteiger charge is 2.33. The molecule has 3 rings (SSSR count). The van der Waals surface area contributed by atoms with Gasteiger partial charge in [-0.05, 0) is 31.9 Å². The zero-order chi connectivity index (χ0) is 19.2. The normalized spacial score (nSPS) is 14.0. The van der Waals surface area contributed by atoms with Crippen molar-refractivity contribution in [2.75, 3.05) is 11.4 Å². The van der Waals surface area contributed by atoms with Crippen LogP contribution in [0.15, 0.2) is 12.1 Å². The van der Waals surface area contributed by atoms with Crippen molar-refractivity contribution in [3.05, 3.63) is 40.2 Å². The number of alkyl halides is 3. The number of nitrogens with zero attached hydrogens (tertiary/aromatic N) is 3. The molecule has 0 saturated carbocycles. The number of imidazole rings is 1. The molecule has 8 heteroatoms. The molecule has 2 N–H and O–H groups in total. The minimum absolute atomic E-state index is 0.0779. The quantitative estimate of drug-likeness (QED) is 0.900. The van der Waals surface area contributed by atoms with E-state index in [1.165, 1.54) is 0 Å². The lowest BCUT2D eigenvalue weighted by molar-refractivity contribution is -0.134. The van der Waals surface area contributed by atoms with Crippen molar-refractivity contribution in [2.45, 2.75) is 46.3 Å². The Morgan fingerprint density at radius 1 is 1.19 bits per heavy atom. The molecule has 2 heterocycles. The molecule has 0 spiro atoms. The van der Waals surface area contributed by atoms with Crippen molar-refractivity contribution >= 4 is 17.5 Å². The van der Waals surface area contributed by atoms with Crippen LogP contribution in [0.2, 0.25) is 0 Å². The molecule has 2 aromatic rings. The summed E-state index contributed by atoms with van der Waals surface area (Å²) >= 11 is 0. The summed E-state index contributed by atoms with van der Waals surface area (Å²) in [6.45, 7) is 7.03. The summed E-state index contributed by atoms with van der Waals surface area (Å²) in [6, 6.07) is 4.10. The van der Waals surface area contributed by atoms with Crippen LogP contribution in [0.3, 0.4) is 0 Å². The molecular weight excluding hydrogens is 345 g/mol. The molecule has 26 heavy (non-hydrogen) atoms. The SMILES string of the molecule is Cc1cc(C)c(N2CCn3c2nc(CCC(F)(F)F)c3C(N)=O)c(C)c1. The zero-order valence-corrected chi connectivity index (χ0v) is 14.9. The second kappa shape index (κ2) is 6.34. The van der Waals surface area contributed by atoms with Crippen molar-refractivity contribution in [1.29, 1.82) is 0 Å². The third-order valence-corrected chi connectivity index (χ3v) is 4.59. The van der Waals surface area contributed by atoms with Crippen LogP contribution < -0.4 is 10.6 Å². The zero-order valence-electron chi connectivity index (χ0n) is 14.9. The molecule has 0 unspecified atom stereocenters. The Bertz CT molecular complexity index is 847. The van der Waals surface area contributed by atoms with Crippen molar-refractivity contribution < 1.29 is 18.0 Å². The Morgan fingerprint density at radius 2 is 1.81 bits per heavy atom. The summed E-state index contributed by atoms with van der Waals surface area (Å²) in [7, 11) is 0. The highest BCUT2D eigenvalue weighted by molar-refractivity contribution is 5.93. The first-order valence-electron chi connectivity index (χ1n) is 8.40. The molecule has 0 bridgehead atoms. The Balaban J connectivity index is 2.05. The van der Waals surface area contributed by atoms with Gasteiger partial charge >= 0.3 is 6.18 Å².